The molecule has 0 fully saturated rings. The van der Waals surface area contributed by atoms with Gasteiger partial charge in [0, 0.05) is 0 Å². The number of hydrogen-bond acceptors (Lipinski definition) is 8. The van der Waals surface area contributed by atoms with Gasteiger partial charge in [-0.2, -0.15) is 0 Å². The van der Waals surface area contributed by atoms with E-state index in [-0.39, 0.29) is 43.2 Å². The van der Waals surface area contributed by atoms with Crippen LogP contribution in [0.25, 0.3) is 0 Å². The first-order chi connectivity index (χ1) is 15.7. The van der Waals surface area contributed by atoms with Gasteiger partial charge in [-0.05, 0) is 48.0 Å². The molecule has 0 aliphatic heterocycles. The Balaban J connectivity index is 3.79. The van der Waals surface area contributed by atoms with Crippen LogP contribution >= 0.6 is 0 Å². The standard InChI is InChI=1S/C25H52O8/c1-8-9-10-11-25(27)18-33-24(7)17-32-23(6)16-31-22(5)15-30-21(4)14-29-20(3)13-28-19(2)12-26/h19-27H,8-18H2,1-7H3. The van der Waals surface area contributed by atoms with Gasteiger partial charge in [0.1, 0.15) is 0 Å². The largest absolute Gasteiger partial charge is 0.394 e. The van der Waals surface area contributed by atoms with Crippen molar-refractivity contribution >= 4 is 0 Å². The highest BCUT2D eigenvalue weighted by atomic mass is 16.6. The third kappa shape index (κ3) is 20.7. The summed E-state index contributed by atoms with van der Waals surface area (Å²) in [5.41, 5.74) is 0. The Morgan fingerprint density at radius 3 is 1.18 bits per heavy atom. The van der Waals surface area contributed by atoms with Crippen molar-refractivity contribution < 1.29 is 38.6 Å². The molecule has 8 nitrogen and oxygen atoms in total. The van der Waals surface area contributed by atoms with Crippen LogP contribution in [0.1, 0.15) is 74.1 Å². The van der Waals surface area contributed by atoms with E-state index in [9.17, 15) is 5.11 Å². The molecule has 0 spiro atoms. The topological polar surface area (TPSA) is 95.8 Å². The van der Waals surface area contributed by atoms with E-state index < -0.39 is 6.10 Å². The zero-order valence-corrected chi connectivity index (χ0v) is 22.2. The lowest BCUT2D eigenvalue weighted by atomic mass is 10.1. The highest BCUT2D eigenvalue weighted by molar-refractivity contribution is 4.60. The fourth-order valence-electron chi connectivity index (χ4n) is 2.78. The summed E-state index contributed by atoms with van der Waals surface area (Å²) in [7, 11) is 0. The van der Waals surface area contributed by atoms with Gasteiger partial charge in [-0.3, -0.25) is 0 Å². The monoisotopic (exact) mass is 480 g/mol. The number of aliphatic hydroxyl groups is 2. The second kappa shape index (κ2) is 21.0. The van der Waals surface area contributed by atoms with Crippen molar-refractivity contribution in [3.63, 3.8) is 0 Å². The van der Waals surface area contributed by atoms with E-state index in [1.54, 1.807) is 0 Å². The number of hydrogen-bond donors (Lipinski definition) is 2. The summed E-state index contributed by atoms with van der Waals surface area (Å²) in [5.74, 6) is 0. The van der Waals surface area contributed by atoms with Crippen molar-refractivity contribution in [2.75, 3.05) is 46.2 Å². The summed E-state index contributed by atoms with van der Waals surface area (Å²) in [6.45, 7) is 16.4. The summed E-state index contributed by atoms with van der Waals surface area (Å²) < 4.78 is 34.3. The van der Waals surface area contributed by atoms with E-state index in [0.29, 0.717) is 39.6 Å². The lowest BCUT2D eigenvalue weighted by Gasteiger charge is -2.22. The molecule has 8 heteroatoms. The van der Waals surface area contributed by atoms with E-state index >= 15 is 0 Å². The zero-order chi connectivity index (χ0) is 25.1. The average molecular weight is 481 g/mol. The van der Waals surface area contributed by atoms with Crippen LogP contribution in [0.4, 0.5) is 0 Å². The van der Waals surface area contributed by atoms with Crippen LogP contribution in [0.5, 0.6) is 0 Å². The quantitative estimate of drug-likeness (QED) is 0.215. The van der Waals surface area contributed by atoms with Crippen molar-refractivity contribution in [1.29, 1.82) is 0 Å². The van der Waals surface area contributed by atoms with Gasteiger partial charge in [-0.1, -0.05) is 26.2 Å². The molecule has 7 unspecified atom stereocenters. The van der Waals surface area contributed by atoms with Crippen LogP contribution in [-0.4, -0.2) is 99.2 Å². The fourth-order valence-corrected chi connectivity index (χ4v) is 2.78. The van der Waals surface area contributed by atoms with Crippen LogP contribution in [-0.2, 0) is 28.4 Å². The average Bonchev–Trinajstić information content (AvgIpc) is 2.80. The maximum absolute atomic E-state index is 9.93. The molecule has 2 N–H and O–H groups in total. The molecule has 0 saturated heterocycles. The van der Waals surface area contributed by atoms with Crippen molar-refractivity contribution in [3.8, 4) is 0 Å². The van der Waals surface area contributed by atoms with Gasteiger partial charge in [0.2, 0.25) is 0 Å². The normalized spacial score (nSPS) is 18.5. The molecule has 0 aromatic heterocycles. The molecule has 0 aliphatic carbocycles. The van der Waals surface area contributed by atoms with Gasteiger partial charge in [0.25, 0.3) is 0 Å². The third-order valence-corrected chi connectivity index (χ3v) is 5.05. The molecule has 0 saturated carbocycles. The van der Waals surface area contributed by atoms with E-state index in [1.165, 1.54) is 0 Å². The summed E-state index contributed by atoms with van der Waals surface area (Å²) in [6.07, 6.45) is 3.21. The SMILES string of the molecule is CCCCCC(O)COC(C)COC(C)COC(C)COC(C)COC(C)COC(C)CO. The van der Waals surface area contributed by atoms with E-state index in [4.69, 9.17) is 33.5 Å². The molecule has 0 bridgehead atoms. The van der Waals surface area contributed by atoms with Gasteiger partial charge in [0.15, 0.2) is 0 Å². The van der Waals surface area contributed by atoms with Crippen molar-refractivity contribution in [2.24, 2.45) is 0 Å². The van der Waals surface area contributed by atoms with Crippen LogP contribution in [0.2, 0.25) is 0 Å². The summed E-state index contributed by atoms with van der Waals surface area (Å²) in [5, 5.41) is 18.9. The molecular weight excluding hydrogens is 428 g/mol. The Morgan fingerprint density at radius 2 is 0.848 bits per heavy atom. The molecule has 200 valence electrons. The highest BCUT2D eigenvalue weighted by Gasteiger charge is 2.14. The second-order valence-corrected chi connectivity index (χ2v) is 9.20. The van der Waals surface area contributed by atoms with Crippen molar-refractivity contribution in [2.45, 2.75) is 117 Å². The predicted molar refractivity (Wildman–Crippen MR) is 130 cm³/mol. The maximum atomic E-state index is 9.93. The highest BCUT2D eigenvalue weighted by Crippen LogP contribution is 2.06. The van der Waals surface area contributed by atoms with Crippen LogP contribution in [0.3, 0.4) is 0 Å². The Hall–Kier alpha value is -0.320. The zero-order valence-electron chi connectivity index (χ0n) is 22.2. The molecule has 0 aromatic carbocycles. The Morgan fingerprint density at radius 1 is 0.515 bits per heavy atom. The van der Waals surface area contributed by atoms with Gasteiger partial charge in [0.05, 0.1) is 89.0 Å². The molecule has 0 radical (unpaired) electrons. The molecule has 33 heavy (non-hydrogen) atoms. The van der Waals surface area contributed by atoms with Gasteiger partial charge >= 0.3 is 0 Å². The number of unbranched alkanes of at least 4 members (excludes halogenated alkanes) is 2. The van der Waals surface area contributed by atoms with E-state index in [1.807, 2.05) is 41.5 Å². The predicted octanol–water partition coefficient (Wildman–Crippen LogP) is 3.35. The minimum absolute atomic E-state index is 0.00388. The van der Waals surface area contributed by atoms with Crippen LogP contribution < -0.4 is 0 Å². The smallest absolute Gasteiger partial charge is 0.0781 e. The van der Waals surface area contributed by atoms with Crippen LogP contribution in [0, 0.1) is 0 Å². The first-order valence-corrected chi connectivity index (χ1v) is 12.7. The molecule has 0 heterocycles. The second-order valence-electron chi connectivity index (χ2n) is 9.20. The molecule has 0 aromatic rings. The van der Waals surface area contributed by atoms with Gasteiger partial charge in [-0.15, -0.1) is 0 Å². The number of aliphatic hydroxyl groups excluding tert-OH is 2. The summed E-state index contributed by atoms with van der Waals surface area (Å²) in [4.78, 5) is 0. The first-order valence-electron chi connectivity index (χ1n) is 12.7. The molecular formula is C25H52O8. The van der Waals surface area contributed by atoms with E-state index in [0.717, 1.165) is 25.7 Å². The Kier molecular flexibility index (Phi) is 20.8. The van der Waals surface area contributed by atoms with Gasteiger partial charge < -0.3 is 38.6 Å². The van der Waals surface area contributed by atoms with Crippen molar-refractivity contribution in [3.05, 3.63) is 0 Å². The third-order valence-electron chi connectivity index (χ3n) is 5.05. The Bertz CT molecular complexity index is 425. The van der Waals surface area contributed by atoms with Crippen molar-refractivity contribution in [1.82, 2.24) is 0 Å². The number of ether oxygens (including phenoxy) is 6. The first kappa shape index (κ1) is 32.7. The van der Waals surface area contributed by atoms with E-state index in [2.05, 4.69) is 6.92 Å². The summed E-state index contributed by atoms with van der Waals surface area (Å²) in [6, 6.07) is 0. The Labute approximate surface area is 202 Å². The van der Waals surface area contributed by atoms with Crippen LogP contribution in [0.15, 0.2) is 0 Å². The molecule has 0 aliphatic rings. The number of rotatable bonds is 23. The lowest BCUT2D eigenvalue weighted by Crippen LogP contribution is -2.30. The minimum Gasteiger partial charge on any atom is -0.394 e. The van der Waals surface area contributed by atoms with Gasteiger partial charge in [-0.25, -0.2) is 0 Å². The minimum atomic E-state index is -0.403. The molecule has 0 rings (SSSR count). The molecule has 0 amide bonds. The molecule has 7 atom stereocenters. The maximum Gasteiger partial charge on any atom is 0.0781 e. The summed E-state index contributed by atoms with van der Waals surface area (Å²) >= 11 is 0. The lowest BCUT2D eigenvalue weighted by molar-refractivity contribution is -0.105. The fraction of sp³-hybridized carbons (Fsp3) is 1.00.